The lowest BCUT2D eigenvalue weighted by molar-refractivity contribution is 0.327. The average Bonchev–Trinajstić information content (AvgIpc) is 2.44. The van der Waals surface area contributed by atoms with Crippen LogP contribution in [0.25, 0.3) is 10.9 Å². The lowest BCUT2D eigenvalue weighted by Gasteiger charge is -2.17. The van der Waals surface area contributed by atoms with Gasteiger partial charge in [-0.25, -0.2) is 0 Å². The maximum atomic E-state index is 6.17. The van der Waals surface area contributed by atoms with Gasteiger partial charge in [0.15, 0.2) is 11.5 Å². The summed E-state index contributed by atoms with van der Waals surface area (Å²) < 4.78 is 16.2. The Morgan fingerprint density at radius 2 is 1.65 bits per heavy atom. The molecule has 2 N–H and O–H groups in total. The van der Waals surface area contributed by atoms with E-state index in [1.54, 1.807) is 21.3 Å². The Bertz CT molecular complexity index is 639. The van der Waals surface area contributed by atoms with Crippen molar-refractivity contribution in [2.45, 2.75) is 19.8 Å². The van der Waals surface area contributed by atoms with Gasteiger partial charge in [-0.15, -0.1) is 0 Å². The maximum Gasteiger partial charge on any atom is 0.204 e. The summed E-state index contributed by atoms with van der Waals surface area (Å²) in [5.74, 6) is 1.93. The van der Waals surface area contributed by atoms with E-state index in [9.17, 15) is 0 Å². The van der Waals surface area contributed by atoms with Crippen LogP contribution in [-0.4, -0.2) is 26.3 Å². The Kier molecular flexibility index (Phi) is 3.88. The number of methoxy groups -OCH3 is 3. The van der Waals surface area contributed by atoms with Crippen molar-refractivity contribution in [3.05, 3.63) is 17.8 Å². The Hall–Kier alpha value is -2.17. The van der Waals surface area contributed by atoms with E-state index in [-0.39, 0.29) is 0 Å². The molecule has 0 aliphatic carbocycles. The van der Waals surface area contributed by atoms with Crippen molar-refractivity contribution >= 4 is 16.6 Å². The van der Waals surface area contributed by atoms with E-state index >= 15 is 0 Å². The Balaban J connectivity index is 2.87. The zero-order chi connectivity index (χ0) is 14.9. The summed E-state index contributed by atoms with van der Waals surface area (Å²) in [5, 5.41) is 0.745. The summed E-state index contributed by atoms with van der Waals surface area (Å²) in [6, 6.07) is 3.69. The van der Waals surface area contributed by atoms with Crippen LogP contribution in [0.2, 0.25) is 0 Å². The number of nitrogens with zero attached hydrogens (tertiary/aromatic N) is 1. The van der Waals surface area contributed by atoms with Crippen molar-refractivity contribution in [1.82, 2.24) is 4.98 Å². The lowest BCUT2D eigenvalue weighted by Crippen LogP contribution is -2.02. The molecule has 0 spiro atoms. The summed E-state index contributed by atoms with van der Waals surface area (Å²) in [4.78, 5) is 4.63. The lowest BCUT2D eigenvalue weighted by atomic mass is 10.1. The molecule has 1 aromatic heterocycles. The van der Waals surface area contributed by atoms with Crippen molar-refractivity contribution < 1.29 is 14.2 Å². The fourth-order valence-electron chi connectivity index (χ4n) is 2.21. The minimum Gasteiger partial charge on any atom is -0.493 e. The van der Waals surface area contributed by atoms with Crippen LogP contribution in [0.15, 0.2) is 12.1 Å². The van der Waals surface area contributed by atoms with Crippen LogP contribution >= 0.6 is 0 Å². The van der Waals surface area contributed by atoms with Crippen molar-refractivity contribution in [1.29, 1.82) is 0 Å². The molecule has 0 aliphatic rings. The minimum atomic E-state index is 0.292. The van der Waals surface area contributed by atoms with Gasteiger partial charge >= 0.3 is 0 Å². The molecule has 0 amide bonds. The first-order chi connectivity index (χ1) is 9.53. The zero-order valence-corrected chi connectivity index (χ0v) is 12.5. The van der Waals surface area contributed by atoms with Gasteiger partial charge in [0.2, 0.25) is 5.75 Å². The highest BCUT2D eigenvalue weighted by molar-refractivity contribution is 5.99. The van der Waals surface area contributed by atoms with E-state index in [2.05, 4.69) is 18.8 Å². The zero-order valence-electron chi connectivity index (χ0n) is 12.5. The molecule has 5 nitrogen and oxygen atoms in total. The normalized spacial score (nSPS) is 10.9. The van der Waals surface area contributed by atoms with Gasteiger partial charge in [-0.2, -0.15) is 0 Å². The Morgan fingerprint density at radius 3 is 2.15 bits per heavy atom. The van der Waals surface area contributed by atoms with E-state index in [1.807, 2.05) is 12.1 Å². The first-order valence-electron chi connectivity index (χ1n) is 6.42. The number of anilines is 1. The monoisotopic (exact) mass is 276 g/mol. The third-order valence-corrected chi connectivity index (χ3v) is 3.24. The third kappa shape index (κ3) is 2.19. The fraction of sp³-hybridized carbons (Fsp3) is 0.400. The molecule has 0 aliphatic heterocycles. The van der Waals surface area contributed by atoms with Gasteiger partial charge in [-0.1, -0.05) is 13.8 Å². The molecule has 0 saturated carbocycles. The number of nitrogens with two attached hydrogens (primary N) is 1. The molecule has 2 aromatic rings. The number of hydrogen-bond acceptors (Lipinski definition) is 5. The summed E-state index contributed by atoms with van der Waals surface area (Å²) >= 11 is 0. The topological polar surface area (TPSA) is 66.6 Å². The van der Waals surface area contributed by atoms with Gasteiger partial charge in [0.25, 0.3) is 0 Å². The Morgan fingerprint density at radius 1 is 1.00 bits per heavy atom. The summed E-state index contributed by atoms with van der Waals surface area (Å²) in [7, 11) is 4.73. The largest absolute Gasteiger partial charge is 0.493 e. The SMILES string of the molecule is COc1cc2nc(C(C)C)cc(N)c2c(OC)c1OC. The third-order valence-electron chi connectivity index (χ3n) is 3.24. The molecule has 0 radical (unpaired) electrons. The molecule has 0 fully saturated rings. The van der Waals surface area contributed by atoms with Crippen LogP contribution in [0.1, 0.15) is 25.5 Å². The van der Waals surface area contributed by atoms with E-state index in [4.69, 9.17) is 19.9 Å². The van der Waals surface area contributed by atoms with Gasteiger partial charge < -0.3 is 19.9 Å². The molecule has 2 rings (SSSR count). The summed E-state index contributed by atoms with van der Waals surface area (Å²) in [5.41, 5.74) is 8.47. The average molecular weight is 276 g/mol. The quantitative estimate of drug-likeness (QED) is 0.930. The summed E-state index contributed by atoms with van der Waals surface area (Å²) in [6.45, 7) is 4.15. The number of rotatable bonds is 4. The molecule has 108 valence electrons. The van der Waals surface area contributed by atoms with Crippen LogP contribution in [0, 0.1) is 0 Å². The molecule has 20 heavy (non-hydrogen) atoms. The first-order valence-corrected chi connectivity index (χ1v) is 6.42. The van der Waals surface area contributed by atoms with Gasteiger partial charge in [-0.05, 0) is 12.0 Å². The number of ether oxygens (including phenoxy) is 3. The van der Waals surface area contributed by atoms with E-state index < -0.39 is 0 Å². The predicted molar refractivity (Wildman–Crippen MR) is 79.9 cm³/mol. The second kappa shape index (κ2) is 5.45. The highest BCUT2D eigenvalue weighted by atomic mass is 16.5. The molecule has 0 saturated heterocycles. The fourth-order valence-corrected chi connectivity index (χ4v) is 2.21. The van der Waals surface area contributed by atoms with Crippen LogP contribution < -0.4 is 19.9 Å². The standard InChI is InChI=1S/C15H20N2O3/c1-8(2)10-6-9(16)13-11(17-10)7-12(18-3)14(19-4)15(13)20-5/h6-8H,1-5H3,(H2,16,17). The smallest absolute Gasteiger partial charge is 0.204 e. The number of aromatic nitrogens is 1. The van der Waals surface area contributed by atoms with Crippen LogP contribution in [0.4, 0.5) is 5.69 Å². The maximum absolute atomic E-state index is 6.17. The molecular formula is C15H20N2O3. The number of hydrogen-bond donors (Lipinski definition) is 1. The molecule has 5 heteroatoms. The first kappa shape index (κ1) is 14.2. The summed E-state index contributed by atoms with van der Waals surface area (Å²) in [6.07, 6.45) is 0. The van der Waals surface area contributed by atoms with Crippen LogP contribution in [0.5, 0.6) is 17.2 Å². The molecule has 0 atom stereocenters. The predicted octanol–water partition coefficient (Wildman–Crippen LogP) is 2.97. The molecule has 0 unspecified atom stereocenters. The van der Waals surface area contributed by atoms with Gasteiger partial charge in [0.1, 0.15) is 0 Å². The van der Waals surface area contributed by atoms with Gasteiger partial charge in [0, 0.05) is 17.4 Å². The van der Waals surface area contributed by atoms with E-state index in [0.29, 0.717) is 28.9 Å². The molecular weight excluding hydrogens is 256 g/mol. The Labute approximate surface area is 118 Å². The van der Waals surface area contributed by atoms with Crippen LogP contribution in [0.3, 0.4) is 0 Å². The van der Waals surface area contributed by atoms with E-state index in [0.717, 1.165) is 16.6 Å². The number of benzene rings is 1. The highest BCUT2D eigenvalue weighted by Crippen LogP contribution is 2.45. The van der Waals surface area contributed by atoms with Gasteiger partial charge in [-0.3, -0.25) is 4.98 Å². The van der Waals surface area contributed by atoms with Crippen LogP contribution in [-0.2, 0) is 0 Å². The number of pyridine rings is 1. The number of nitrogen functional groups attached to an aromatic ring is 1. The second-order valence-corrected chi connectivity index (χ2v) is 4.83. The van der Waals surface area contributed by atoms with Crippen molar-refractivity contribution in [3.8, 4) is 17.2 Å². The molecule has 0 bridgehead atoms. The van der Waals surface area contributed by atoms with Crippen molar-refractivity contribution in [2.75, 3.05) is 27.1 Å². The van der Waals surface area contributed by atoms with E-state index in [1.165, 1.54) is 0 Å². The second-order valence-electron chi connectivity index (χ2n) is 4.83. The minimum absolute atomic E-state index is 0.292. The van der Waals surface area contributed by atoms with Crippen molar-refractivity contribution in [2.24, 2.45) is 0 Å². The molecule has 1 heterocycles. The highest BCUT2D eigenvalue weighted by Gasteiger charge is 2.19. The van der Waals surface area contributed by atoms with Gasteiger partial charge in [0.05, 0.1) is 32.2 Å². The number of fused-ring (bicyclic) bond motifs is 1. The van der Waals surface area contributed by atoms with Crippen molar-refractivity contribution in [3.63, 3.8) is 0 Å². The molecule has 1 aromatic carbocycles.